The van der Waals surface area contributed by atoms with E-state index < -0.39 is 0 Å². The van der Waals surface area contributed by atoms with Gasteiger partial charge in [0.1, 0.15) is 0 Å². The van der Waals surface area contributed by atoms with Crippen LogP contribution < -0.4 is 0 Å². The molecule has 6 heteroatoms. The van der Waals surface area contributed by atoms with Gasteiger partial charge in [-0.15, -0.1) is 0 Å². The molecule has 0 atom stereocenters. The van der Waals surface area contributed by atoms with E-state index in [1.165, 1.54) is 0 Å². The monoisotopic (exact) mass is 349 g/mol. The number of aryl methyl sites for hydroxylation is 1. The highest BCUT2D eigenvalue weighted by molar-refractivity contribution is 14.1. The van der Waals surface area contributed by atoms with Gasteiger partial charge in [-0.25, -0.2) is 2.90 Å². The smallest absolute Gasteiger partial charge is 0.0987 e. The third-order valence-corrected chi connectivity index (χ3v) is 3.35. The molecule has 0 bridgehead atoms. The number of hydrogen-bond donors (Lipinski definition) is 1. The van der Waals surface area contributed by atoms with Crippen LogP contribution >= 0.6 is 34.5 Å². The summed E-state index contributed by atoms with van der Waals surface area (Å²) in [6.45, 7) is 1.77. The predicted molar refractivity (Wildman–Crippen MR) is 70.5 cm³/mol. The zero-order chi connectivity index (χ0) is 11.7. The van der Waals surface area contributed by atoms with Crippen LogP contribution in [0, 0.1) is 6.92 Å². The lowest BCUT2D eigenvalue weighted by Crippen LogP contribution is -1.92. The molecule has 0 saturated heterocycles. The van der Waals surface area contributed by atoms with Crippen molar-refractivity contribution in [3.8, 4) is 11.3 Å². The Hall–Kier alpha value is -0.660. The van der Waals surface area contributed by atoms with Gasteiger partial charge in [0.2, 0.25) is 0 Å². The third-order valence-electron chi connectivity index (χ3n) is 2.20. The van der Waals surface area contributed by atoms with Crippen molar-refractivity contribution < 1.29 is 5.11 Å². The maximum Gasteiger partial charge on any atom is 0.0987 e. The van der Waals surface area contributed by atoms with Crippen molar-refractivity contribution in [2.24, 2.45) is 0 Å². The molecule has 2 heterocycles. The van der Waals surface area contributed by atoms with E-state index in [4.69, 9.17) is 16.7 Å². The quantitative estimate of drug-likeness (QED) is 0.848. The number of aromatic nitrogens is 3. The van der Waals surface area contributed by atoms with Gasteiger partial charge in [0, 0.05) is 11.8 Å². The zero-order valence-corrected chi connectivity index (χ0v) is 11.4. The molecule has 0 aromatic carbocycles. The first-order chi connectivity index (χ1) is 7.63. The van der Waals surface area contributed by atoms with Crippen LogP contribution in [0.15, 0.2) is 18.3 Å². The van der Waals surface area contributed by atoms with Gasteiger partial charge < -0.3 is 5.11 Å². The highest BCUT2D eigenvalue weighted by Crippen LogP contribution is 2.31. The Morgan fingerprint density at radius 3 is 2.88 bits per heavy atom. The second-order valence-electron chi connectivity index (χ2n) is 3.30. The number of rotatable bonds is 2. The van der Waals surface area contributed by atoms with Gasteiger partial charge >= 0.3 is 0 Å². The molecule has 4 nitrogen and oxygen atoms in total. The molecule has 0 fully saturated rings. The Morgan fingerprint density at radius 2 is 2.31 bits per heavy atom. The van der Waals surface area contributed by atoms with Crippen LogP contribution in [0.1, 0.15) is 11.4 Å². The first-order valence-corrected chi connectivity index (χ1v) is 5.95. The van der Waals surface area contributed by atoms with Crippen molar-refractivity contribution in [2.45, 2.75) is 13.5 Å². The average Bonchev–Trinajstić information content (AvgIpc) is 2.53. The molecule has 0 radical (unpaired) electrons. The number of pyridine rings is 1. The van der Waals surface area contributed by atoms with Crippen molar-refractivity contribution in [3.63, 3.8) is 0 Å². The number of aliphatic hydroxyl groups excluding tert-OH is 1. The molecular weight excluding hydrogens is 340 g/mol. The maximum atomic E-state index is 9.03. The molecule has 0 amide bonds. The largest absolute Gasteiger partial charge is 0.390 e. The van der Waals surface area contributed by atoms with Crippen LogP contribution in [0.5, 0.6) is 0 Å². The fourth-order valence-electron chi connectivity index (χ4n) is 1.42. The van der Waals surface area contributed by atoms with Crippen LogP contribution in [0.4, 0.5) is 0 Å². The molecule has 84 valence electrons. The highest BCUT2D eigenvalue weighted by atomic mass is 127. The Morgan fingerprint density at radius 1 is 1.56 bits per heavy atom. The summed E-state index contributed by atoms with van der Waals surface area (Å²) in [4.78, 5) is 4.02. The zero-order valence-electron chi connectivity index (χ0n) is 8.48. The maximum absolute atomic E-state index is 9.03. The SMILES string of the molecule is Cc1nn(I)c(-c2ccnc(CO)c2)c1Cl. The van der Waals surface area contributed by atoms with Gasteiger partial charge in [-0.3, -0.25) is 4.98 Å². The van der Waals surface area contributed by atoms with Gasteiger partial charge in [-0.05, 0) is 19.1 Å². The number of hydrogen-bond acceptors (Lipinski definition) is 3. The summed E-state index contributed by atoms with van der Waals surface area (Å²) < 4.78 is 1.70. The summed E-state index contributed by atoms with van der Waals surface area (Å²) in [5.41, 5.74) is 3.13. The summed E-state index contributed by atoms with van der Waals surface area (Å²) in [6.07, 6.45) is 1.65. The summed E-state index contributed by atoms with van der Waals surface area (Å²) in [5, 5.41) is 13.9. The molecule has 0 spiro atoms. The van der Waals surface area contributed by atoms with Crippen LogP contribution in [0.25, 0.3) is 11.3 Å². The molecule has 2 rings (SSSR count). The lowest BCUT2D eigenvalue weighted by molar-refractivity contribution is 0.277. The van der Waals surface area contributed by atoms with Gasteiger partial charge in [-0.1, -0.05) is 11.6 Å². The average molecular weight is 350 g/mol. The van der Waals surface area contributed by atoms with E-state index in [0.29, 0.717) is 10.7 Å². The molecule has 16 heavy (non-hydrogen) atoms. The molecule has 2 aromatic heterocycles. The molecule has 0 aliphatic carbocycles. The molecular formula is C10H9ClIN3O. The van der Waals surface area contributed by atoms with Crippen molar-refractivity contribution in [2.75, 3.05) is 0 Å². The van der Waals surface area contributed by atoms with Crippen molar-refractivity contribution >= 4 is 34.5 Å². The Bertz CT molecular complexity index is 527. The molecule has 1 N–H and O–H groups in total. The first-order valence-electron chi connectivity index (χ1n) is 4.61. The molecule has 0 aliphatic heterocycles. The van der Waals surface area contributed by atoms with Crippen molar-refractivity contribution in [1.82, 2.24) is 13.0 Å². The normalized spacial score (nSPS) is 10.8. The standard InChI is InChI=1S/C10H9ClIN3O/c1-6-9(11)10(15(12)14-6)7-2-3-13-8(4-7)5-16/h2-4,16H,5H2,1H3. The number of aliphatic hydroxyl groups is 1. The fraction of sp³-hybridized carbons (Fsp3) is 0.200. The minimum atomic E-state index is -0.0835. The number of halogens is 2. The van der Waals surface area contributed by atoms with Crippen LogP contribution in [0.3, 0.4) is 0 Å². The van der Waals surface area contributed by atoms with E-state index in [0.717, 1.165) is 17.0 Å². The molecule has 0 saturated carbocycles. The fourth-order valence-corrected chi connectivity index (χ4v) is 2.64. The number of nitrogens with zero attached hydrogens (tertiary/aromatic N) is 3. The van der Waals surface area contributed by atoms with E-state index in [1.54, 1.807) is 15.2 Å². The molecule has 0 unspecified atom stereocenters. The topological polar surface area (TPSA) is 50.9 Å². The lowest BCUT2D eigenvalue weighted by Gasteiger charge is -2.03. The second-order valence-corrected chi connectivity index (χ2v) is 4.59. The second kappa shape index (κ2) is 4.68. The van der Waals surface area contributed by atoms with E-state index >= 15 is 0 Å². The van der Waals surface area contributed by atoms with Crippen LogP contribution in [-0.2, 0) is 6.61 Å². The first kappa shape index (κ1) is 11.8. The van der Waals surface area contributed by atoms with E-state index in [-0.39, 0.29) is 6.61 Å². The summed E-state index contributed by atoms with van der Waals surface area (Å²) in [6, 6.07) is 3.65. The van der Waals surface area contributed by atoms with E-state index in [2.05, 4.69) is 32.9 Å². The van der Waals surface area contributed by atoms with Gasteiger partial charge in [0.05, 0.1) is 51.6 Å². The molecule has 0 aliphatic rings. The van der Waals surface area contributed by atoms with Gasteiger partial charge in [-0.2, -0.15) is 5.10 Å². The Labute approximate surface area is 112 Å². The lowest BCUT2D eigenvalue weighted by atomic mass is 10.1. The van der Waals surface area contributed by atoms with E-state index in [1.807, 2.05) is 13.0 Å². The van der Waals surface area contributed by atoms with E-state index in [9.17, 15) is 0 Å². The predicted octanol–water partition coefficient (Wildman–Crippen LogP) is 2.60. The van der Waals surface area contributed by atoms with Gasteiger partial charge in [0.15, 0.2) is 0 Å². The highest BCUT2D eigenvalue weighted by Gasteiger charge is 2.14. The Balaban J connectivity index is 2.58. The van der Waals surface area contributed by atoms with Crippen LogP contribution in [-0.4, -0.2) is 18.1 Å². The summed E-state index contributed by atoms with van der Waals surface area (Å²) >= 11 is 8.25. The minimum absolute atomic E-state index is 0.0835. The van der Waals surface area contributed by atoms with Crippen molar-refractivity contribution in [1.29, 1.82) is 0 Å². The van der Waals surface area contributed by atoms with Crippen LogP contribution in [0.2, 0.25) is 5.02 Å². The minimum Gasteiger partial charge on any atom is -0.390 e. The summed E-state index contributed by atoms with van der Waals surface area (Å²) in [7, 11) is 0. The molecule has 2 aromatic rings. The Kier molecular flexibility index (Phi) is 3.46. The third kappa shape index (κ3) is 2.07. The van der Waals surface area contributed by atoms with Crippen molar-refractivity contribution in [3.05, 3.63) is 34.7 Å². The van der Waals surface area contributed by atoms with Gasteiger partial charge in [0.25, 0.3) is 0 Å². The summed E-state index contributed by atoms with van der Waals surface area (Å²) in [5.74, 6) is 0.